The molecule has 1 saturated carbocycles. The standard InChI is InChI=1S/C16H24N2/c1-13-5-4-8-16(9-13,12-17)18-10-14-6-2-3-7-15(14)11-18/h2-3,6-7,13H,4-5,8-12,17H2,1H3. The predicted octanol–water partition coefficient (Wildman–Crippen LogP) is 2.91. The average molecular weight is 244 g/mol. The van der Waals surface area contributed by atoms with Crippen molar-refractivity contribution >= 4 is 0 Å². The van der Waals surface area contributed by atoms with E-state index in [1.807, 2.05) is 0 Å². The van der Waals surface area contributed by atoms with E-state index in [2.05, 4.69) is 36.1 Å². The average Bonchev–Trinajstić information content (AvgIpc) is 2.83. The van der Waals surface area contributed by atoms with Crippen molar-refractivity contribution in [2.24, 2.45) is 11.7 Å². The molecular formula is C16H24N2. The van der Waals surface area contributed by atoms with Crippen LogP contribution in [0.5, 0.6) is 0 Å². The van der Waals surface area contributed by atoms with E-state index in [1.54, 1.807) is 0 Å². The van der Waals surface area contributed by atoms with E-state index in [0.29, 0.717) is 0 Å². The lowest BCUT2D eigenvalue weighted by molar-refractivity contribution is 0.0358. The lowest BCUT2D eigenvalue weighted by Gasteiger charge is -2.46. The van der Waals surface area contributed by atoms with Crippen LogP contribution < -0.4 is 5.73 Å². The Morgan fingerprint density at radius 1 is 1.28 bits per heavy atom. The van der Waals surface area contributed by atoms with Gasteiger partial charge in [0.15, 0.2) is 0 Å². The van der Waals surface area contributed by atoms with Gasteiger partial charge in [0, 0.05) is 25.2 Å². The first kappa shape index (κ1) is 12.2. The van der Waals surface area contributed by atoms with Crippen molar-refractivity contribution in [3.63, 3.8) is 0 Å². The number of hydrogen-bond donors (Lipinski definition) is 1. The normalized spacial score (nSPS) is 32.4. The third-order valence-corrected chi connectivity index (χ3v) is 4.96. The Hall–Kier alpha value is -0.860. The van der Waals surface area contributed by atoms with Gasteiger partial charge < -0.3 is 5.73 Å². The fourth-order valence-electron chi connectivity index (χ4n) is 3.90. The highest BCUT2D eigenvalue weighted by Gasteiger charge is 2.41. The Kier molecular flexibility index (Phi) is 3.16. The summed E-state index contributed by atoms with van der Waals surface area (Å²) in [4.78, 5) is 2.65. The molecule has 0 aromatic heterocycles. The first-order valence-corrected chi connectivity index (χ1v) is 7.25. The Morgan fingerprint density at radius 3 is 2.50 bits per heavy atom. The second kappa shape index (κ2) is 4.67. The van der Waals surface area contributed by atoms with Crippen molar-refractivity contribution < 1.29 is 0 Å². The van der Waals surface area contributed by atoms with Gasteiger partial charge in [-0.1, -0.05) is 44.0 Å². The Morgan fingerprint density at radius 2 is 1.94 bits per heavy atom. The molecule has 2 atom stereocenters. The van der Waals surface area contributed by atoms with Crippen molar-refractivity contribution in [3.8, 4) is 0 Å². The molecule has 1 aliphatic heterocycles. The third-order valence-electron chi connectivity index (χ3n) is 4.96. The van der Waals surface area contributed by atoms with E-state index in [1.165, 1.54) is 36.8 Å². The molecule has 2 nitrogen and oxygen atoms in total. The summed E-state index contributed by atoms with van der Waals surface area (Å²) >= 11 is 0. The van der Waals surface area contributed by atoms with E-state index in [-0.39, 0.29) is 5.54 Å². The SMILES string of the molecule is CC1CCCC(CN)(N2Cc3ccccc3C2)C1. The van der Waals surface area contributed by atoms with E-state index in [4.69, 9.17) is 5.73 Å². The highest BCUT2D eigenvalue weighted by molar-refractivity contribution is 5.31. The molecule has 2 unspecified atom stereocenters. The maximum atomic E-state index is 6.17. The van der Waals surface area contributed by atoms with E-state index >= 15 is 0 Å². The molecule has 18 heavy (non-hydrogen) atoms. The van der Waals surface area contributed by atoms with Crippen LogP contribution in [0.4, 0.5) is 0 Å². The van der Waals surface area contributed by atoms with Crippen molar-refractivity contribution in [2.45, 2.75) is 51.2 Å². The molecule has 2 aliphatic rings. The minimum absolute atomic E-state index is 0.261. The van der Waals surface area contributed by atoms with E-state index in [9.17, 15) is 0 Å². The molecule has 0 spiro atoms. The monoisotopic (exact) mass is 244 g/mol. The number of rotatable bonds is 2. The van der Waals surface area contributed by atoms with Gasteiger partial charge in [-0.15, -0.1) is 0 Å². The van der Waals surface area contributed by atoms with Crippen LogP contribution >= 0.6 is 0 Å². The second-order valence-electron chi connectivity index (χ2n) is 6.25. The van der Waals surface area contributed by atoms with E-state index < -0.39 is 0 Å². The molecule has 98 valence electrons. The maximum absolute atomic E-state index is 6.17. The van der Waals surface area contributed by atoms with E-state index in [0.717, 1.165) is 25.6 Å². The van der Waals surface area contributed by atoms with Crippen molar-refractivity contribution in [3.05, 3.63) is 35.4 Å². The summed E-state index contributed by atoms with van der Waals surface area (Å²) in [6.45, 7) is 5.39. The molecule has 1 fully saturated rings. The van der Waals surface area contributed by atoms with Gasteiger partial charge in [-0.3, -0.25) is 4.90 Å². The van der Waals surface area contributed by atoms with Crippen LogP contribution in [0.25, 0.3) is 0 Å². The van der Waals surface area contributed by atoms with Crippen molar-refractivity contribution in [1.82, 2.24) is 4.90 Å². The predicted molar refractivity (Wildman–Crippen MR) is 75.1 cm³/mol. The quantitative estimate of drug-likeness (QED) is 0.866. The molecule has 0 radical (unpaired) electrons. The number of hydrogen-bond acceptors (Lipinski definition) is 2. The molecule has 0 amide bonds. The van der Waals surface area contributed by atoms with Gasteiger partial charge in [0.05, 0.1) is 0 Å². The number of benzene rings is 1. The van der Waals surface area contributed by atoms with Crippen LogP contribution in [0.3, 0.4) is 0 Å². The zero-order valence-electron chi connectivity index (χ0n) is 11.4. The lowest BCUT2D eigenvalue weighted by Crippen LogP contribution is -2.54. The zero-order chi connectivity index (χ0) is 12.6. The van der Waals surface area contributed by atoms with Gasteiger partial charge in [-0.25, -0.2) is 0 Å². The fraction of sp³-hybridized carbons (Fsp3) is 0.625. The molecule has 0 bridgehead atoms. The summed E-state index contributed by atoms with van der Waals surface area (Å²) in [7, 11) is 0. The first-order chi connectivity index (χ1) is 8.73. The second-order valence-corrected chi connectivity index (χ2v) is 6.25. The largest absolute Gasteiger partial charge is 0.329 e. The van der Waals surface area contributed by atoms with Crippen LogP contribution in [-0.2, 0) is 13.1 Å². The van der Waals surface area contributed by atoms with Crippen LogP contribution in [-0.4, -0.2) is 17.0 Å². The Balaban J connectivity index is 1.83. The van der Waals surface area contributed by atoms with Crippen LogP contribution in [0.15, 0.2) is 24.3 Å². The van der Waals surface area contributed by atoms with Crippen molar-refractivity contribution in [1.29, 1.82) is 0 Å². The molecule has 1 aromatic carbocycles. The number of fused-ring (bicyclic) bond motifs is 1. The zero-order valence-corrected chi connectivity index (χ0v) is 11.4. The summed E-state index contributed by atoms with van der Waals surface area (Å²) in [5.74, 6) is 0.825. The minimum atomic E-state index is 0.261. The van der Waals surface area contributed by atoms with Gasteiger partial charge in [-0.05, 0) is 29.9 Å². The molecule has 1 aliphatic carbocycles. The summed E-state index contributed by atoms with van der Waals surface area (Å²) in [5.41, 5.74) is 9.44. The molecule has 1 aromatic rings. The summed E-state index contributed by atoms with van der Waals surface area (Å²) in [5, 5.41) is 0. The molecule has 2 heteroatoms. The van der Waals surface area contributed by atoms with Gasteiger partial charge >= 0.3 is 0 Å². The van der Waals surface area contributed by atoms with Crippen LogP contribution in [0, 0.1) is 5.92 Å². The molecule has 2 N–H and O–H groups in total. The summed E-state index contributed by atoms with van der Waals surface area (Å²) in [6, 6.07) is 8.85. The molecule has 0 saturated heterocycles. The Labute approximate surface area is 110 Å². The maximum Gasteiger partial charge on any atom is 0.0341 e. The number of nitrogens with zero attached hydrogens (tertiary/aromatic N) is 1. The summed E-state index contributed by atoms with van der Waals surface area (Å²) in [6.07, 6.45) is 5.27. The molecule has 1 heterocycles. The molecular weight excluding hydrogens is 220 g/mol. The van der Waals surface area contributed by atoms with Gasteiger partial charge in [0.1, 0.15) is 0 Å². The van der Waals surface area contributed by atoms with Gasteiger partial charge in [0.25, 0.3) is 0 Å². The number of nitrogens with two attached hydrogens (primary N) is 1. The smallest absolute Gasteiger partial charge is 0.0341 e. The topological polar surface area (TPSA) is 29.3 Å². The Bertz CT molecular complexity index is 404. The van der Waals surface area contributed by atoms with Gasteiger partial charge in [-0.2, -0.15) is 0 Å². The highest BCUT2D eigenvalue weighted by Crippen LogP contribution is 2.40. The van der Waals surface area contributed by atoms with Crippen molar-refractivity contribution in [2.75, 3.05) is 6.54 Å². The van der Waals surface area contributed by atoms with Crippen LogP contribution in [0.1, 0.15) is 43.7 Å². The first-order valence-electron chi connectivity index (χ1n) is 7.25. The third kappa shape index (κ3) is 1.98. The summed E-state index contributed by atoms with van der Waals surface area (Å²) < 4.78 is 0. The lowest BCUT2D eigenvalue weighted by atomic mass is 9.75. The molecule has 3 rings (SSSR count). The van der Waals surface area contributed by atoms with Crippen LogP contribution in [0.2, 0.25) is 0 Å². The minimum Gasteiger partial charge on any atom is -0.329 e. The highest BCUT2D eigenvalue weighted by atomic mass is 15.2. The van der Waals surface area contributed by atoms with Gasteiger partial charge in [0.2, 0.25) is 0 Å². The fourth-order valence-corrected chi connectivity index (χ4v) is 3.90.